The zero-order chi connectivity index (χ0) is 14.5. The number of carboxylic acids is 1. The molecular formula is C14H19NO4. The van der Waals surface area contributed by atoms with Crippen LogP contribution in [0.4, 0.5) is 4.79 Å². The molecule has 0 aliphatic rings. The summed E-state index contributed by atoms with van der Waals surface area (Å²) in [5, 5.41) is 11.3. The molecule has 0 spiro atoms. The van der Waals surface area contributed by atoms with Gasteiger partial charge in [-0.2, -0.15) is 0 Å². The Morgan fingerprint density at radius 1 is 1.26 bits per heavy atom. The van der Waals surface area contributed by atoms with Crippen LogP contribution in [0.2, 0.25) is 0 Å². The zero-order valence-electron chi connectivity index (χ0n) is 11.4. The van der Waals surface area contributed by atoms with Gasteiger partial charge in [-0.05, 0) is 31.9 Å². The van der Waals surface area contributed by atoms with E-state index in [0.29, 0.717) is 12.1 Å². The van der Waals surface area contributed by atoms with E-state index >= 15 is 0 Å². The third kappa shape index (κ3) is 6.45. The molecule has 0 fully saturated rings. The molecule has 1 aromatic rings. The van der Waals surface area contributed by atoms with E-state index in [0.717, 1.165) is 5.56 Å². The maximum absolute atomic E-state index is 11.5. The highest BCUT2D eigenvalue weighted by atomic mass is 16.6. The van der Waals surface area contributed by atoms with Gasteiger partial charge < -0.3 is 15.2 Å². The lowest BCUT2D eigenvalue weighted by atomic mass is 10.1. The first-order valence-corrected chi connectivity index (χ1v) is 6.03. The standard InChI is InChI=1S/C14H19NO4/c1-14(2,3)19-13(18)15-9-11-6-4-5-10(7-11)8-12(16)17/h4-7H,8-9H2,1-3H3,(H,15,18)(H,16,17). The minimum Gasteiger partial charge on any atom is -0.481 e. The van der Waals surface area contributed by atoms with Crippen LogP contribution in [0, 0.1) is 0 Å². The fourth-order valence-corrected chi connectivity index (χ4v) is 1.51. The molecule has 0 atom stereocenters. The Labute approximate surface area is 112 Å². The maximum atomic E-state index is 11.5. The van der Waals surface area contributed by atoms with E-state index in [-0.39, 0.29) is 6.42 Å². The molecule has 0 aromatic heterocycles. The molecule has 1 aromatic carbocycles. The minimum absolute atomic E-state index is 0.0275. The average Bonchev–Trinajstić information content (AvgIpc) is 2.23. The lowest BCUT2D eigenvalue weighted by Crippen LogP contribution is -2.32. The van der Waals surface area contributed by atoms with E-state index in [9.17, 15) is 9.59 Å². The van der Waals surface area contributed by atoms with Crippen molar-refractivity contribution >= 4 is 12.1 Å². The lowest BCUT2D eigenvalue weighted by molar-refractivity contribution is -0.136. The van der Waals surface area contributed by atoms with E-state index in [1.54, 1.807) is 39.0 Å². The second-order valence-electron chi connectivity index (χ2n) is 5.25. The van der Waals surface area contributed by atoms with E-state index in [1.165, 1.54) is 0 Å². The Morgan fingerprint density at radius 3 is 2.47 bits per heavy atom. The molecule has 0 saturated carbocycles. The van der Waals surface area contributed by atoms with Crippen molar-refractivity contribution in [3.63, 3.8) is 0 Å². The van der Waals surface area contributed by atoms with Crippen LogP contribution in [0.5, 0.6) is 0 Å². The number of carbonyl (C=O) groups excluding carboxylic acids is 1. The SMILES string of the molecule is CC(C)(C)OC(=O)NCc1cccc(CC(=O)O)c1. The van der Waals surface area contributed by atoms with Crippen molar-refractivity contribution in [2.75, 3.05) is 0 Å². The summed E-state index contributed by atoms with van der Waals surface area (Å²) in [5.41, 5.74) is 1.01. The fraction of sp³-hybridized carbons (Fsp3) is 0.429. The molecule has 1 amide bonds. The van der Waals surface area contributed by atoms with Gasteiger partial charge in [-0.1, -0.05) is 24.3 Å². The van der Waals surface area contributed by atoms with Gasteiger partial charge in [-0.15, -0.1) is 0 Å². The van der Waals surface area contributed by atoms with Crippen LogP contribution in [-0.4, -0.2) is 22.8 Å². The topological polar surface area (TPSA) is 75.6 Å². The number of carbonyl (C=O) groups is 2. The summed E-state index contributed by atoms with van der Waals surface area (Å²) >= 11 is 0. The number of aliphatic carboxylic acids is 1. The van der Waals surface area contributed by atoms with Crippen LogP contribution >= 0.6 is 0 Å². The number of amides is 1. The number of hydrogen-bond donors (Lipinski definition) is 2. The van der Waals surface area contributed by atoms with E-state index in [2.05, 4.69) is 5.32 Å². The van der Waals surface area contributed by atoms with Gasteiger partial charge in [-0.3, -0.25) is 4.79 Å². The third-order valence-electron chi connectivity index (χ3n) is 2.18. The highest BCUT2D eigenvalue weighted by molar-refractivity contribution is 5.70. The highest BCUT2D eigenvalue weighted by Gasteiger charge is 2.15. The van der Waals surface area contributed by atoms with E-state index < -0.39 is 17.7 Å². The predicted octanol–water partition coefficient (Wildman–Crippen LogP) is 2.34. The molecule has 0 aliphatic carbocycles. The second kappa shape index (κ2) is 6.22. The number of nitrogens with one attached hydrogen (secondary N) is 1. The molecule has 0 bridgehead atoms. The van der Waals surface area contributed by atoms with E-state index in [1.807, 2.05) is 6.07 Å². The van der Waals surface area contributed by atoms with Crippen LogP contribution < -0.4 is 5.32 Å². The van der Waals surface area contributed by atoms with Gasteiger partial charge >= 0.3 is 12.1 Å². The first kappa shape index (κ1) is 15.0. The summed E-state index contributed by atoms with van der Waals surface area (Å²) in [6.07, 6.45) is -0.517. The van der Waals surface area contributed by atoms with Gasteiger partial charge in [0.05, 0.1) is 6.42 Å². The van der Waals surface area contributed by atoms with Gasteiger partial charge in [0.1, 0.15) is 5.60 Å². The van der Waals surface area contributed by atoms with Crippen molar-refractivity contribution in [1.29, 1.82) is 0 Å². The number of carboxylic acid groups (broad SMARTS) is 1. The van der Waals surface area contributed by atoms with Crippen molar-refractivity contribution in [2.24, 2.45) is 0 Å². The monoisotopic (exact) mass is 265 g/mol. The molecule has 19 heavy (non-hydrogen) atoms. The van der Waals surface area contributed by atoms with Gasteiger partial charge in [0, 0.05) is 6.54 Å². The molecule has 5 heteroatoms. The van der Waals surface area contributed by atoms with Crippen molar-refractivity contribution in [3.8, 4) is 0 Å². The number of hydrogen-bond acceptors (Lipinski definition) is 3. The quantitative estimate of drug-likeness (QED) is 0.876. The molecule has 1 rings (SSSR count). The Hall–Kier alpha value is -2.04. The molecule has 0 heterocycles. The molecule has 104 valence electrons. The van der Waals surface area contributed by atoms with Crippen LogP contribution in [0.1, 0.15) is 31.9 Å². The van der Waals surface area contributed by atoms with Gasteiger partial charge in [0.25, 0.3) is 0 Å². The Bertz CT molecular complexity index is 463. The Kier molecular flexibility index (Phi) is 4.92. The molecule has 0 radical (unpaired) electrons. The first-order valence-electron chi connectivity index (χ1n) is 6.03. The maximum Gasteiger partial charge on any atom is 0.407 e. The molecule has 5 nitrogen and oxygen atoms in total. The summed E-state index contributed by atoms with van der Waals surface area (Å²) in [5.74, 6) is -0.878. The zero-order valence-corrected chi connectivity index (χ0v) is 11.4. The summed E-state index contributed by atoms with van der Waals surface area (Å²) in [4.78, 5) is 22.1. The second-order valence-corrected chi connectivity index (χ2v) is 5.25. The lowest BCUT2D eigenvalue weighted by Gasteiger charge is -2.19. The summed E-state index contributed by atoms with van der Waals surface area (Å²) in [6.45, 7) is 5.68. The van der Waals surface area contributed by atoms with Gasteiger partial charge in [0.2, 0.25) is 0 Å². The molecule has 0 aliphatic heterocycles. The van der Waals surface area contributed by atoms with Crippen LogP contribution in [-0.2, 0) is 22.5 Å². The van der Waals surface area contributed by atoms with Crippen molar-refractivity contribution < 1.29 is 19.4 Å². The van der Waals surface area contributed by atoms with Crippen LogP contribution in [0.25, 0.3) is 0 Å². The summed E-state index contributed by atoms with van der Waals surface area (Å²) in [6, 6.07) is 7.09. The van der Waals surface area contributed by atoms with Crippen molar-refractivity contribution in [1.82, 2.24) is 5.32 Å². The first-order chi connectivity index (χ1) is 8.76. The van der Waals surface area contributed by atoms with Gasteiger partial charge in [0.15, 0.2) is 0 Å². The smallest absolute Gasteiger partial charge is 0.407 e. The molecule has 0 saturated heterocycles. The third-order valence-corrected chi connectivity index (χ3v) is 2.18. The van der Waals surface area contributed by atoms with Crippen molar-refractivity contribution in [2.45, 2.75) is 39.3 Å². The molecule has 0 unspecified atom stereocenters. The van der Waals surface area contributed by atoms with Gasteiger partial charge in [-0.25, -0.2) is 4.79 Å². The normalized spacial score (nSPS) is 10.9. The fourth-order valence-electron chi connectivity index (χ4n) is 1.51. The number of ether oxygens (including phenoxy) is 1. The Balaban J connectivity index is 2.53. The summed E-state index contributed by atoms with van der Waals surface area (Å²) < 4.78 is 5.11. The van der Waals surface area contributed by atoms with Crippen molar-refractivity contribution in [3.05, 3.63) is 35.4 Å². The predicted molar refractivity (Wildman–Crippen MR) is 70.9 cm³/mol. The average molecular weight is 265 g/mol. The highest BCUT2D eigenvalue weighted by Crippen LogP contribution is 2.08. The Morgan fingerprint density at radius 2 is 1.89 bits per heavy atom. The van der Waals surface area contributed by atoms with E-state index in [4.69, 9.17) is 9.84 Å². The summed E-state index contributed by atoms with van der Waals surface area (Å²) in [7, 11) is 0. The molecular weight excluding hydrogens is 246 g/mol. The number of alkyl carbamates (subject to hydrolysis) is 1. The number of rotatable bonds is 4. The number of benzene rings is 1. The molecule has 2 N–H and O–H groups in total. The largest absolute Gasteiger partial charge is 0.481 e. The van der Waals surface area contributed by atoms with Crippen LogP contribution in [0.3, 0.4) is 0 Å². The minimum atomic E-state index is -0.878. The van der Waals surface area contributed by atoms with Crippen LogP contribution in [0.15, 0.2) is 24.3 Å².